The molecule has 0 aromatic heterocycles. The summed E-state index contributed by atoms with van der Waals surface area (Å²) < 4.78 is 0. The van der Waals surface area contributed by atoms with Crippen molar-refractivity contribution >= 4 is 5.78 Å². The number of hydrogen-bond donors (Lipinski definition) is 1. The summed E-state index contributed by atoms with van der Waals surface area (Å²) in [5.74, 6) is 2.00. The normalized spacial score (nSPS) is 54.0. The Kier molecular flexibility index (Phi) is 3.03. The lowest BCUT2D eigenvalue weighted by atomic mass is 9.40. The quantitative estimate of drug-likeness (QED) is 0.740. The van der Waals surface area contributed by atoms with Gasteiger partial charge in [-0.3, -0.25) is 4.79 Å². The summed E-state index contributed by atoms with van der Waals surface area (Å²) in [4.78, 5) is 13.2. The van der Waals surface area contributed by atoms with Crippen LogP contribution in [0.4, 0.5) is 0 Å². The Balaban J connectivity index is 1.80. The third-order valence-electron chi connectivity index (χ3n) is 8.40. The van der Waals surface area contributed by atoms with Crippen molar-refractivity contribution in [3.05, 3.63) is 12.2 Å². The van der Waals surface area contributed by atoms with Gasteiger partial charge in [-0.25, -0.2) is 0 Å². The number of carbonyl (C=O) groups is 1. The summed E-state index contributed by atoms with van der Waals surface area (Å²) in [6.07, 6.45) is 8.68. The molecule has 2 heteroatoms. The van der Waals surface area contributed by atoms with E-state index < -0.39 is 0 Å². The van der Waals surface area contributed by atoms with Crippen LogP contribution in [0.25, 0.3) is 0 Å². The van der Waals surface area contributed by atoms with E-state index in [-0.39, 0.29) is 22.9 Å². The Morgan fingerprint density at radius 1 is 1.23 bits per heavy atom. The molecule has 22 heavy (non-hydrogen) atoms. The number of ketones is 1. The number of allylic oxidation sites excluding steroid dienone is 1. The van der Waals surface area contributed by atoms with Crippen LogP contribution >= 0.6 is 0 Å². The Morgan fingerprint density at radius 2 is 2.00 bits per heavy atom. The van der Waals surface area contributed by atoms with Crippen LogP contribution < -0.4 is 0 Å². The maximum atomic E-state index is 13.2. The van der Waals surface area contributed by atoms with Gasteiger partial charge in [0, 0.05) is 18.4 Å². The van der Waals surface area contributed by atoms with Gasteiger partial charge in [-0.05, 0) is 67.1 Å². The number of carbonyl (C=O) groups excluding carboxylic acids is 1. The highest BCUT2D eigenvalue weighted by Crippen LogP contribution is 2.70. The SMILES string of the molecule is C=C1C[C@]23C[C@H]1CC[C@H]2[C@]1(C)CCC[C@@](C)(CO)[C@H]1CC3=O. The number of aliphatic hydroxyl groups excluding tert-OH is 1. The van der Waals surface area contributed by atoms with Gasteiger partial charge in [-0.1, -0.05) is 32.4 Å². The lowest BCUT2D eigenvalue weighted by Crippen LogP contribution is -2.60. The molecular weight excluding hydrogens is 272 g/mol. The van der Waals surface area contributed by atoms with Crippen LogP contribution in [-0.2, 0) is 4.79 Å². The molecule has 0 aliphatic heterocycles. The lowest BCUT2D eigenvalue weighted by Gasteiger charge is -2.63. The van der Waals surface area contributed by atoms with Gasteiger partial charge in [0.25, 0.3) is 0 Å². The molecule has 4 fully saturated rings. The predicted octanol–water partition coefficient (Wildman–Crippen LogP) is 4.13. The van der Waals surface area contributed by atoms with Gasteiger partial charge in [0.2, 0.25) is 0 Å². The van der Waals surface area contributed by atoms with E-state index in [0.717, 1.165) is 19.3 Å². The van der Waals surface area contributed by atoms with Gasteiger partial charge in [0.1, 0.15) is 5.78 Å². The van der Waals surface area contributed by atoms with E-state index in [0.29, 0.717) is 30.0 Å². The van der Waals surface area contributed by atoms with Crippen molar-refractivity contribution in [3.8, 4) is 0 Å². The number of aliphatic hydroxyl groups is 1. The van der Waals surface area contributed by atoms with Gasteiger partial charge in [0.05, 0.1) is 0 Å². The van der Waals surface area contributed by atoms with E-state index in [4.69, 9.17) is 0 Å². The average molecular weight is 302 g/mol. The first-order valence-electron chi connectivity index (χ1n) is 9.18. The summed E-state index contributed by atoms with van der Waals surface area (Å²) in [6.45, 7) is 9.20. The molecule has 2 bridgehead atoms. The van der Waals surface area contributed by atoms with E-state index in [1.165, 1.54) is 31.3 Å². The Hall–Kier alpha value is -0.630. The molecule has 0 amide bonds. The molecule has 0 saturated heterocycles. The van der Waals surface area contributed by atoms with E-state index >= 15 is 0 Å². The van der Waals surface area contributed by atoms with Crippen molar-refractivity contribution in [1.82, 2.24) is 0 Å². The minimum atomic E-state index is -0.0844. The molecule has 2 nitrogen and oxygen atoms in total. The molecule has 4 aliphatic carbocycles. The Labute approximate surface area is 134 Å². The van der Waals surface area contributed by atoms with Crippen LogP contribution in [0, 0.1) is 34.0 Å². The number of rotatable bonds is 1. The highest BCUT2D eigenvalue weighted by molar-refractivity contribution is 5.88. The first-order chi connectivity index (χ1) is 10.4. The molecule has 4 rings (SSSR count). The fourth-order valence-electron chi connectivity index (χ4n) is 7.28. The van der Waals surface area contributed by atoms with Crippen molar-refractivity contribution < 1.29 is 9.90 Å². The van der Waals surface area contributed by atoms with E-state index in [9.17, 15) is 9.90 Å². The molecule has 0 aromatic carbocycles. The van der Waals surface area contributed by atoms with Crippen LogP contribution in [0.1, 0.15) is 65.2 Å². The molecule has 6 atom stereocenters. The minimum Gasteiger partial charge on any atom is -0.396 e. The molecule has 0 aromatic rings. The topological polar surface area (TPSA) is 37.3 Å². The summed E-state index contributed by atoms with van der Waals surface area (Å²) in [5.41, 5.74) is 1.44. The number of hydrogen-bond acceptors (Lipinski definition) is 2. The maximum Gasteiger partial charge on any atom is 0.139 e. The second-order valence-corrected chi connectivity index (χ2v) is 9.37. The maximum absolute atomic E-state index is 13.2. The zero-order valence-electron chi connectivity index (χ0n) is 14.2. The zero-order chi connectivity index (χ0) is 15.8. The van der Waals surface area contributed by atoms with Gasteiger partial charge in [-0.15, -0.1) is 0 Å². The first kappa shape index (κ1) is 14.9. The summed E-state index contributed by atoms with van der Waals surface area (Å²) in [7, 11) is 0. The largest absolute Gasteiger partial charge is 0.396 e. The fraction of sp³-hybridized carbons (Fsp3) is 0.850. The molecule has 4 aliphatic rings. The van der Waals surface area contributed by atoms with Crippen LogP contribution in [-0.4, -0.2) is 17.5 Å². The highest BCUT2D eigenvalue weighted by Gasteiger charge is 2.66. The van der Waals surface area contributed by atoms with Crippen molar-refractivity contribution in [3.63, 3.8) is 0 Å². The van der Waals surface area contributed by atoms with E-state index in [1.54, 1.807) is 0 Å². The number of fused-ring (bicyclic) bond motifs is 3. The van der Waals surface area contributed by atoms with Crippen LogP contribution in [0.15, 0.2) is 12.2 Å². The summed E-state index contributed by atoms with van der Waals surface area (Å²) in [6, 6.07) is 0. The second kappa shape index (κ2) is 4.47. The number of Topliss-reactive ketones (excluding diaryl/α,β-unsaturated/α-hetero) is 1. The van der Waals surface area contributed by atoms with Gasteiger partial charge in [-0.2, -0.15) is 0 Å². The van der Waals surface area contributed by atoms with Crippen molar-refractivity contribution in [1.29, 1.82) is 0 Å². The molecule has 1 spiro atoms. The highest BCUT2D eigenvalue weighted by atomic mass is 16.3. The van der Waals surface area contributed by atoms with Gasteiger partial charge in [0.15, 0.2) is 0 Å². The smallest absolute Gasteiger partial charge is 0.139 e. The Bertz CT molecular complexity index is 538. The molecule has 0 unspecified atom stereocenters. The molecule has 0 heterocycles. The summed E-state index contributed by atoms with van der Waals surface area (Å²) >= 11 is 0. The first-order valence-corrected chi connectivity index (χ1v) is 9.18. The van der Waals surface area contributed by atoms with Crippen molar-refractivity contribution in [2.45, 2.75) is 65.2 Å². The van der Waals surface area contributed by atoms with Gasteiger partial charge < -0.3 is 5.11 Å². The van der Waals surface area contributed by atoms with Crippen LogP contribution in [0.3, 0.4) is 0 Å². The minimum absolute atomic E-state index is 0.0588. The predicted molar refractivity (Wildman–Crippen MR) is 87.3 cm³/mol. The fourth-order valence-corrected chi connectivity index (χ4v) is 7.28. The molecular formula is C20H30O2. The zero-order valence-corrected chi connectivity index (χ0v) is 14.2. The lowest BCUT2D eigenvalue weighted by molar-refractivity contribution is -0.175. The van der Waals surface area contributed by atoms with Crippen LogP contribution in [0.2, 0.25) is 0 Å². The third-order valence-corrected chi connectivity index (χ3v) is 8.40. The Morgan fingerprint density at radius 3 is 2.73 bits per heavy atom. The van der Waals surface area contributed by atoms with Crippen molar-refractivity contribution in [2.75, 3.05) is 6.61 Å². The summed E-state index contributed by atoms with van der Waals surface area (Å²) in [5, 5.41) is 10.0. The third kappa shape index (κ3) is 1.63. The van der Waals surface area contributed by atoms with E-state index in [2.05, 4.69) is 20.4 Å². The molecule has 122 valence electrons. The molecule has 4 saturated carbocycles. The molecule has 0 radical (unpaired) electrons. The van der Waals surface area contributed by atoms with Crippen LogP contribution in [0.5, 0.6) is 0 Å². The average Bonchev–Trinajstić information content (AvgIpc) is 2.73. The monoisotopic (exact) mass is 302 g/mol. The standard InChI is InChI=1S/C20H30O2/c1-13-10-20-11-14(13)5-6-15(20)19(3)8-4-7-18(2,12-21)16(19)9-17(20)22/h14-16,21H,1,4-12H2,2-3H3/t14-,15+,16-,18+,19+,20+/m1/s1. The van der Waals surface area contributed by atoms with Crippen molar-refractivity contribution in [2.24, 2.45) is 34.0 Å². The second-order valence-electron chi connectivity index (χ2n) is 9.37. The van der Waals surface area contributed by atoms with E-state index in [1.807, 2.05) is 0 Å². The van der Waals surface area contributed by atoms with Gasteiger partial charge >= 0.3 is 0 Å². The molecule has 1 N–H and O–H groups in total.